The Labute approximate surface area is 159 Å². The van der Waals surface area contributed by atoms with Gasteiger partial charge in [-0.2, -0.15) is 0 Å². The summed E-state index contributed by atoms with van der Waals surface area (Å²) in [5.41, 5.74) is 1.64. The summed E-state index contributed by atoms with van der Waals surface area (Å²) in [6.45, 7) is 4.62. The van der Waals surface area contributed by atoms with E-state index in [1.807, 2.05) is 28.0 Å². The number of methoxy groups -OCH3 is 1. The van der Waals surface area contributed by atoms with Crippen molar-refractivity contribution in [2.75, 3.05) is 38.2 Å². The van der Waals surface area contributed by atoms with Crippen molar-refractivity contribution in [3.63, 3.8) is 0 Å². The van der Waals surface area contributed by atoms with Crippen LogP contribution in [0.5, 0.6) is 0 Å². The molecule has 1 aromatic carbocycles. The first-order valence-corrected chi connectivity index (χ1v) is 9.21. The summed E-state index contributed by atoms with van der Waals surface area (Å²) in [5.74, 6) is 0.584. The van der Waals surface area contributed by atoms with Crippen LogP contribution >= 0.6 is 0 Å². The van der Waals surface area contributed by atoms with Gasteiger partial charge in [0.05, 0.1) is 7.11 Å². The highest BCUT2D eigenvalue weighted by molar-refractivity contribution is 5.94. The van der Waals surface area contributed by atoms with E-state index in [9.17, 15) is 9.59 Å². The van der Waals surface area contributed by atoms with Crippen LogP contribution in [0.3, 0.4) is 0 Å². The average molecular weight is 367 g/mol. The Morgan fingerprint density at radius 1 is 1.07 bits per heavy atom. The highest BCUT2D eigenvalue weighted by Gasteiger charge is 2.26. The zero-order valence-corrected chi connectivity index (χ0v) is 15.8. The van der Waals surface area contributed by atoms with Gasteiger partial charge in [0.2, 0.25) is 5.91 Å². The van der Waals surface area contributed by atoms with Gasteiger partial charge in [0.15, 0.2) is 0 Å². The van der Waals surface area contributed by atoms with Crippen LogP contribution in [0.1, 0.15) is 35.2 Å². The molecule has 1 aromatic heterocycles. The molecule has 1 amide bonds. The van der Waals surface area contributed by atoms with Gasteiger partial charge in [0.25, 0.3) is 0 Å². The number of benzene rings is 1. The van der Waals surface area contributed by atoms with Crippen LogP contribution in [0.25, 0.3) is 0 Å². The number of pyridine rings is 1. The zero-order valence-electron chi connectivity index (χ0n) is 15.8. The quantitative estimate of drug-likeness (QED) is 0.761. The predicted molar refractivity (Wildman–Crippen MR) is 104 cm³/mol. The van der Waals surface area contributed by atoms with Gasteiger partial charge in [-0.1, -0.05) is 37.3 Å². The molecule has 2 aromatic rings. The van der Waals surface area contributed by atoms with Gasteiger partial charge < -0.3 is 14.5 Å². The fraction of sp³-hybridized carbons (Fsp3) is 0.381. The maximum absolute atomic E-state index is 12.7. The minimum Gasteiger partial charge on any atom is -0.465 e. The molecule has 0 spiro atoms. The van der Waals surface area contributed by atoms with Crippen LogP contribution < -0.4 is 4.90 Å². The Balaban J connectivity index is 1.59. The van der Waals surface area contributed by atoms with Crippen molar-refractivity contribution in [3.8, 4) is 0 Å². The molecule has 1 saturated heterocycles. The van der Waals surface area contributed by atoms with Gasteiger partial charge in [-0.25, -0.2) is 9.78 Å². The Morgan fingerprint density at radius 3 is 2.44 bits per heavy atom. The average Bonchev–Trinajstić information content (AvgIpc) is 2.73. The normalized spacial score (nSPS) is 15.3. The minimum absolute atomic E-state index is 0.167. The van der Waals surface area contributed by atoms with Crippen molar-refractivity contribution in [2.45, 2.75) is 19.3 Å². The molecule has 0 bridgehead atoms. The second-order valence-corrected chi connectivity index (χ2v) is 6.75. The highest BCUT2D eigenvalue weighted by Crippen LogP contribution is 2.22. The number of amides is 1. The molecular weight excluding hydrogens is 342 g/mol. The Bertz CT molecular complexity index is 786. The van der Waals surface area contributed by atoms with E-state index in [2.05, 4.69) is 24.0 Å². The monoisotopic (exact) mass is 367 g/mol. The zero-order chi connectivity index (χ0) is 19.2. The number of aromatic nitrogens is 1. The van der Waals surface area contributed by atoms with Crippen LogP contribution in [-0.2, 0) is 9.53 Å². The lowest BCUT2D eigenvalue weighted by Gasteiger charge is -2.36. The number of carbonyl (C=O) groups is 2. The van der Waals surface area contributed by atoms with E-state index >= 15 is 0 Å². The second-order valence-electron chi connectivity index (χ2n) is 6.75. The molecule has 1 unspecified atom stereocenters. The lowest BCUT2D eigenvalue weighted by molar-refractivity contribution is -0.131. The van der Waals surface area contributed by atoms with Crippen molar-refractivity contribution in [2.24, 2.45) is 0 Å². The highest BCUT2D eigenvalue weighted by atomic mass is 16.5. The molecule has 2 heterocycles. The van der Waals surface area contributed by atoms with E-state index in [4.69, 9.17) is 4.74 Å². The third kappa shape index (κ3) is 4.45. The molecule has 6 nitrogen and oxygen atoms in total. The molecular formula is C21H25N3O3. The first-order chi connectivity index (χ1) is 13.1. The first kappa shape index (κ1) is 18.9. The molecule has 6 heteroatoms. The van der Waals surface area contributed by atoms with Crippen molar-refractivity contribution in [1.82, 2.24) is 9.88 Å². The molecule has 1 aliphatic rings. The number of ether oxygens (including phenoxy) is 1. The topological polar surface area (TPSA) is 62.7 Å². The number of anilines is 1. The van der Waals surface area contributed by atoms with Crippen LogP contribution in [-0.4, -0.2) is 55.0 Å². The maximum atomic E-state index is 12.7. The Morgan fingerprint density at radius 2 is 1.78 bits per heavy atom. The summed E-state index contributed by atoms with van der Waals surface area (Å²) in [4.78, 5) is 32.9. The van der Waals surface area contributed by atoms with Gasteiger partial charge in [0.1, 0.15) is 11.4 Å². The lowest BCUT2D eigenvalue weighted by Crippen LogP contribution is -2.49. The lowest BCUT2D eigenvalue weighted by atomic mass is 9.97. The van der Waals surface area contributed by atoms with Crippen LogP contribution in [0, 0.1) is 0 Å². The molecule has 3 rings (SSSR count). The van der Waals surface area contributed by atoms with Crippen molar-refractivity contribution < 1.29 is 14.3 Å². The van der Waals surface area contributed by atoms with Crippen molar-refractivity contribution >= 4 is 17.7 Å². The van der Waals surface area contributed by atoms with Gasteiger partial charge in [-0.05, 0) is 23.6 Å². The van der Waals surface area contributed by atoms with E-state index in [1.165, 1.54) is 12.7 Å². The van der Waals surface area contributed by atoms with E-state index in [1.54, 1.807) is 18.3 Å². The molecule has 142 valence electrons. The minimum atomic E-state index is -0.395. The molecule has 27 heavy (non-hydrogen) atoms. The van der Waals surface area contributed by atoms with Crippen LogP contribution in [0.4, 0.5) is 5.82 Å². The molecule has 0 N–H and O–H groups in total. The number of piperazine rings is 1. The van der Waals surface area contributed by atoms with E-state index in [0.29, 0.717) is 44.0 Å². The second kappa shape index (κ2) is 8.66. The van der Waals surface area contributed by atoms with E-state index < -0.39 is 5.97 Å². The van der Waals surface area contributed by atoms with Crippen LogP contribution in [0.2, 0.25) is 0 Å². The Hall–Kier alpha value is -2.89. The number of esters is 1. The number of carbonyl (C=O) groups excluding carboxylic acids is 2. The summed E-state index contributed by atoms with van der Waals surface area (Å²) in [7, 11) is 1.36. The molecule has 1 aliphatic heterocycles. The van der Waals surface area contributed by atoms with Gasteiger partial charge in [-0.15, -0.1) is 0 Å². The summed E-state index contributed by atoms with van der Waals surface area (Å²) < 4.78 is 4.84. The summed E-state index contributed by atoms with van der Waals surface area (Å²) >= 11 is 0. The molecule has 0 saturated carbocycles. The first-order valence-electron chi connectivity index (χ1n) is 9.21. The fourth-order valence-corrected chi connectivity index (χ4v) is 3.38. The smallest absolute Gasteiger partial charge is 0.341 e. The largest absolute Gasteiger partial charge is 0.465 e. The summed E-state index contributed by atoms with van der Waals surface area (Å²) in [6, 6.07) is 13.5. The summed E-state index contributed by atoms with van der Waals surface area (Å²) in [6.07, 6.45) is 2.17. The third-order valence-electron chi connectivity index (χ3n) is 4.97. The number of rotatable bonds is 5. The number of nitrogens with zero attached hydrogens (tertiary/aromatic N) is 3. The Kier molecular flexibility index (Phi) is 6.06. The van der Waals surface area contributed by atoms with Crippen LogP contribution in [0.15, 0.2) is 48.7 Å². The maximum Gasteiger partial charge on any atom is 0.341 e. The summed E-state index contributed by atoms with van der Waals surface area (Å²) in [5, 5.41) is 0. The molecule has 0 aliphatic carbocycles. The van der Waals surface area contributed by atoms with Crippen molar-refractivity contribution in [3.05, 3.63) is 59.8 Å². The van der Waals surface area contributed by atoms with Gasteiger partial charge >= 0.3 is 5.97 Å². The fourth-order valence-electron chi connectivity index (χ4n) is 3.38. The van der Waals surface area contributed by atoms with E-state index in [-0.39, 0.29) is 11.8 Å². The van der Waals surface area contributed by atoms with Gasteiger partial charge in [0, 0.05) is 38.8 Å². The van der Waals surface area contributed by atoms with Gasteiger partial charge in [-0.3, -0.25) is 4.79 Å². The molecule has 1 fully saturated rings. The number of hydrogen-bond donors (Lipinski definition) is 0. The van der Waals surface area contributed by atoms with Crippen molar-refractivity contribution in [1.29, 1.82) is 0 Å². The molecule has 1 atom stereocenters. The SMILES string of the molecule is COC(=O)c1cccnc1N1CCN(C(=O)CC(C)c2ccccc2)CC1. The van der Waals surface area contributed by atoms with E-state index in [0.717, 1.165) is 0 Å². The third-order valence-corrected chi connectivity index (χ3v) is 4.97. The standard InChI is InChI=1S/C21H25N3O3/c1-16(17-7-4-3-5-8-17)15-19(25)23-11-13-24(14-12-23)20-18(21(26)27-2)9-6-10-22-20/h3-10,16H,11-15H2,1-2H3. The number of hydrogen-bond acceptors (Lipinski definition) is 5. The molecule has 0 radical (unpaired) electrons. The predicted octanol–water partition coefficient (Wildman–Crippen LogP) is 2.71.